The number of nitrogens with one attached hydrogen (secondary N) is 1. The number of β-lactam (4-membered cyclic amide) rings is 1. The second-order valence-corrected chi connectivity index (χ2v) is 11.2. The highest BCUT2D eigenvalue weighted by Gasteiger charge is 2.60. The number of nitrogens with two attached hydrogens (primary N) is 1. The Morgan fingerprint density at radius 3 is 2.74 bits per heavy atom. The molecule has 2 aliphatic carbocycles. The smallest absolute Gasteiger partial charge is 0.353 e. The number of rotatable bonds is 6. The van der Waals surface area contributed by atoms with Gasteiger partial charge in [-0.2, -0.15) is 0 Å². The number of amides is 1. The molecule has 5 aliphatic rings. The first-order valence-electron chi connectivity index (χ1n) is 11.3. The van der Waals surface area contributed by atoms with E-state index in [-0.39, 0.29) is 34.4 Å². The number of carbonyl (C=O) groups is 2. The fraction of sp³-hybridized carbons (Fsp3) is 0.652. The summed E-state index contributed by atoms with van der Waals surface area (Å²) in [6, 6.07) is 0.107. The predicted octanol–water partition coefficient (Wildman–Crippen LogP) is 1.60. The van der Waals surface area contributed by atoms with E-state index in [0.29, 0.717) is 12.0 Å². The second-order valence-electron chi connectivity index (χ2n) is 9.84. The summed E-state index contributed by atoms with van der Waals surface area (Å²) in [6.07, 6.45) is 10.1. The van der Waals surface area contributed by atoms with Gasteiger partial charge in [0.25, 0.3) is 0 Å². The van der Waals surface area contributed by atoms with Crippen LogP contribution in [0.15, 0.2) is 34.4 Å². The average Bonchev–Trinajstić information content (AvgIpc) is 3.21. The van der Waals surface area contributed by atoms with Crippen LogP contribution in [-0.4, -0.2) is 62.5 Å². The van der Waals surface area contributed by atoms with Crippen LogP contribution in [0.1, 0.15) is 39.5 Å². The third kappa shape index (κ3) is 3.39. The fourth-order valence-corrected chi connectivity index (χ4v) is 7.23. The number of carbonyl (C=O) groups excluding carboxylic acids is 1. The van der Waals surface area contributed by atoms with E-state index in [0.717, 1.165) is 37.1 Å². The summed E-state index contributed by atoms with van der Waals surface area (Å²) in [5.41, 5.74) is 7.62. The van der Waals surface area contributed by atoms with Gasteiger partial charge in [-0.1, -0.05) is 25.2 Å². The van der Waals surface area contributed by atoms with Crippen molar-refractivity contribution in [3.63, 3.8) is 0 Å². The average molecular weight is 446 g/mol. The number of hydrogen-bond donors (Lipinski definition) is 4. The molecule has 3 heterocycles. The SMILES string of the molecule is C[C@@H](O)[C@H]1C(=O)N2C(C(=O)O)=C(S[C@@H]3CN[C@@H](C4C=CC(C5(N)CC5)=CC4)C3)[C@H](C)[C@H]12. The number of aliphatic hydroxyl groups is 1. The summed E-state index contributed by atoms with van der Waals surface area (Å²) in [5, 5.41) is 23.7. The van der Waals surface area contributed by atoms with Crippen molar-refractivity contribution in [1.29, 1.82) is 0 Å². The predicted molar refractivity (Wildman–Crippen MR) is 119 cm³/mol. The quantitative estimate of drug-likeness (QED) is 0.459. The lowest BCUT2D eigenvalue weighted by molar-refractivity contribution is -0.163. The molecule has 7 atom stereocenters. The monoisotopic (exact) mass is 445 g/mol. The Morgan fingerprint density at radius 1 is 1.42 bits per heavy atom. The number of nitrogens with zero attached hydrogens (tertiary/aromatic N) is 1. The highest BCUT2D eigenvalue weighted by Crippen LogP contribution is 2.52. The molecule has 168 valence electrons. The van der Waals surface area contributed by atoms with Crippen molar-refractivity contribution < 1.29 is 19.8 Å². The summed E-state index contributed by atoms with van der Waals surface area (Å²) in [5.74, 6) is -1.49. The zero-order chi connectivity index (χ0) is 22.1. The molecule has 0 aromatic heterocycles. The lowest BCUT2D eigenvalue weighted by atomic mass is 9.79. The molecule has 0 spiro atoms. The standard InChI is InChI=1S/C23H31N3O4S/c1-11-18-17(12(2)27)21(28)26(18)19(22(29)30)20(11)31-15-9-16(25-10-15)13-3-5-14(6-4-13)23(24)7-8-23/h3,5-6,11-13,15-18,25,27H,4,7-10,24H2,1-2H3,(H,29,30)/t11-,12-,13?,15+,16-,17-,18-/m1/s1. The van der Waals surface area contributed by atoms with E-state index in [4.69, 9.17) is 5.73 Å². The van der Waals surface area contributed by atoms with E-state index in [9.17, 15) is 19.8 Å². The molecule has 8 heteroatoms. The van der Waals surface area contributed by atoms with Crippen molar-refractivity contribution in [3.8, 4) is 0 Å². The number of aliphatic hydroxyl groups excluding tert-OH is 1. The van der Waals surface area contributed by atoms with Gasteiger partial charge >= 0.3 is 5.97 Å². The van der Waals surface area contributed by atoms with E-state index in [2.05, 4.69) is 23.5 Å². The lowest BCUT2D eigenvalue weighted by Crippen LogP contribution is -2.63. The van der Waals surface area contributed by atoms with Gasteiger partial charge in [0.15, 0.2) is 0 Å². The number of allylic oxidation sites excluding steroid dienone is 1. The summed E-state index contributed by atoms with van der Waals surface area (Å²) >= 11 is 1.61. The summed E-state index contributed by atoms with van der Waals surface area (Å²) in [7, 11) is 0. The van der Waals surface area contributed by atoms with E-state index < -0.39 is 18.0 Å². The van der Waals surface area contributed by atoms with Crippen LogP contribution >= 0.6 is 11.8 Å². The van der Waals surface area contributed by atoms with E-state index in [1.807, 2.05) is 6.92 Å². The Balaban J connectivity index is 1.26. The van der Waals surface area contributed by atoms with Crippen molar-refractivity contribution in [2.45, 2.75) is 68.5 Å². The normalized spacial score (nSPS) is 39.3. The van der Waals surface area contributed by atoms with Gasteiger partial charge in [-0.15, -0.1) is 11.8 Å². The number of thioether (sulfide) groups is 1. The van der Waals surface area contributed by atoms with E-state index in [1.54, 1.807) is 18.7 Å². The Labute approximate surface area is 186 Å². The molecular weight excluding hydrogens is 414 g/mol. The van der Waals surface area contributed by atoms with Crippen LogP contribution in [0.4, 0.5) is 0 Å². The zero-order valence-electron chi connectivity index (χ0n) is 18.0. The molecule has 1 unspecified atom stereocenters. The lowest BCUT2D eigenvalue weighted by Gasteiger charge is -2.46. The van der Waals surface area contributed by atoms with Gasteiger partial charge in [0, 0.05) is 34.2 Å². The Kier molecular flexibility index (Phi) is 5.12. The van der Waals surface area contributed by atoms with Crippen LogP contribution in [0, 0.1) is 17.8 Å². The number of carboxylic acid groups (broad SMARTS) is 1. The first kappa shape index (κ1) is 21.2. The van der Waals surface area contributed by atoms with Gasteiger partial charge in [-0.3, -0.25) is 4.79 Å². The van der Waals surface area contributed by atoms with Crippen molar-refractivity contribution in [2.24, 2.45) is 23.5 Å². The van der Waals surface area contributed by atoms with Crippen molar-refractivity contribution in [1.82, 2.24) is 10.2 Å². The summed E-state index contributed by atoms with van der Waals surface area (Å²) in [6.45, 7) is 4.41. The summed E-state index contributed by atoms with van der Waals surface area (Å²) < 4.78 is 0. The molecule has 5 rings (SSSR count). The Bertz CT molecular complexity index is 906. The van der Waals surface area contributed by atoms with Gasteiger partial charge < -0.3 is 26.2 Å². The van der Waals surface area contributed by atoms with Crippen LogP contribution in [0.3, 0.4) is 0 Å². The Morgan fingerprint density at radius 2 is 2.16 bits per heavy atom. The number of aliphatic carboxylic acids is 1. The van der Waals surface area contributed by atoms with Crippen molar-refractivity contribution in [2.75, 3.05) is 6.54 Å². The topological polar surface area (TPSA) is 116 Å². The first-order valence-corrected chi connectivity index (χ1v) is 12.2. The molecular formula is C23H31N3O4S. The number of hydrogen-bond acceptors (Lipinski definition) is 6. The van der Waals surface area contributed by atoms with Crippen LogP contribution in [0.2, 0.25) is 0 Å². The molecule has 0 aromatic rings. The molecule has 0 radical (unpaired) electrons. The van der Waals surface area contributed by atoms with Crippen LogP contribution in [0.5, 0.6) is 0 Å². The maximum atomic E-state index is 12.5. The second kappa shape index (κ2) is 7.47. The molecule has 5 N–H and O–H groups in total. The molecule has 0 bridgehead atoms. The molecule has 3 aliphatic heterocycles. The largest absolute Gasteiger partial charge is 0.477 e. The third-order valence-electron chi connectivity index (χ3n) is 7.74. The van der Waals surface area contributed by atoms with Gasteiger partial charge in [0.05, 0.1) is 18.1 Å². The maximum Gasteiger partial charge on any atom is 0.353 e. The maximum absolute atomic E-state index is 12.5. The van der Waals surface area contributed by atoms with Gasteiger partial charge in [0.2, 0.25) is 5.91 Å². The Hall–Kier alpha value is -1.61. The van der Waals surface area contributed by atoms with Crippen LogP contribution < -0.4 is 11.1 Å². The van der Waals surface area contributed by atoms with Gasteiger partial charge in [-0.05, 0) is 44.1 Å². The molecule has 31 heavy (non-hydrogen) atoms. The van der Waals surface area contributed by atoms with Crippen molar-refractivity contribution >= 4 is 23.6 Å². The van der Waals surface area contributed by atoms with Crippen LogP contribution in [0.25, 0.3) is 0 Å². The molecule has 7 nitrogen and oxygen atoms in total. The molecule has 1 amide bonds. The number of carboxylic acids is 1. The number of fused-ring (bicyclic) bond motifs is 1. The minimum atomic E-state index is -1.06. The highest BCUT2D eigenvalue weighted by molar-refractivity contribution is 8.03. The molecule has 1 saturated carbocycles. The van der Waals surface area contributed by atoms with E-state index >= 15 is 0 Å². The van der Waals surface area contributed by atoms with E-state index in [1.165, 1.54) is 10.5 Å². The first-order chi connectivity index (χ1) is 14.7. The minimum absolute atomic E-state index is 0.0770. The third-order valence-corrected chi connectivity index (χ3v) is 9.25. The van der Waals surface area contributed by atoms with Gasteiger partial charge in [-0.25, -0.2) is 4.79 Å². The summed E-state index contributed by atoms with van der Waals surface area (Å²) in [4.78, 5) is 26.7. The molecule has 0 aromatic carbocycles. The van der Waals surface area contributed by atoms with Crippen LogP contribution in [-0.2, 0) is 9.59 Å². The van der Waals surface area contributed by atoms with Crippen molar-refractivity contribution in [3.05, 3.63) is 34.4 Å². The van der Waals surface area contributed by atoms with Gasteiger partial charge in [0.1, 0.15) is 5.70 Å². The highest BCUT2D eigenvalue weighted by atomic mass is 32.2. The fourth-order valence-electron chi connectivity index (χ4n) is 5.73. The molecule has 3 fully saturated rings. The zero-order valence-corrected chi connectivity index (χ0v) is 18.8. The molecule has 2 saturated heterocycles. The minimum Gasteiger partial charge on any atom is -0.477 e.